The average Bonchev–Trinajstić information content (AvgIpc) is 3.14. The second-order valence-electron chi connectivity index (χ2n) is 13.0. The number of rotatable bonds is 3. The number of aromatic nitrogens is 2. The largest absolute Gasteiger partial charge is 0.457 e. The van der Waals surface area contributed by atoms with Crippen LogP contribution in [0.2, 0.25) is 0 Å². The normalized spacial score (nSPS) is 14.7. The summed E-state index contributed by atoms with van der Waals surface area (Å²) in [5, 5.41) is 9.17. The van der Waals surface area contributed by atoms with Crippen LogP contribution >= 0.6 is 0 Å². The second kappa shape index (κ2) is 10.4. The zero-order chi connectivity index (χ0) is 31.6. The van der Waals surface area contributed by atoms with E-state index >= 15 is 0 Å². The highest BCUT2D eigenvalue weighted by Gasteiger charge is 2.52. The van der Waals surface area contributed by atoms with Gasteiger partial charge in [-0.25, -0.2) is 0 Å². The Morgan fingerprint density at radius 3 is 1.57 bits per heavy atom. The molecule has 1 aliphatic carbocycles. The molecular weight excluding hydrogens is 572 g/mol. The molecule has 2 heterocycles. The van der Waals surface area contributed by atoms with E-state index in [4.69, 9.17) is 4.74 Å². The number of fused-ring (bicyclic) bond motifs is 8. The molecule has 0 radical (unpaired) electrons. The fourth-order valence-corrected chi connectivity index (χ4v) is 7.90. The van der Waals surface area contributed by atoms with Crippen LogP contribution in [0.5, 0.6) is 11.5 Å². The lowest BCUT2D eigenvalue weighted by molar-refractivity contribution is 0.425. The second-order valence-corrected chi connectivity index (χ2v) is 13.0. The Morgan fingerprint density at radius 2 is 0.894 bits per heavy atom. The summed E-state index contributed by atoms with van der Waals surface area (Å²) in [5.41, 5.74) is 13.0. The van der Waals surface area contributed by atoms with Crippen molar-refractivity contribution in [2.75, 3.05) is 0 Å². The molecule has 0 saturated carbocycles. The number of para-hydroxylation sites is 2. The van der Waals surface area contributed by atoms with Crippen molar-refractivity contribution >= 4 is 0 Å². The topological polar surface area (TPSA) is 35.0 Å². The maximum absolute atomic E-state index is 6.56. The SMILES string of the molecule is CC1(C)c2ccccc2C2(c3ccccc3Oc3ccccc32)c2ccc(-c3cccc(-c4ccc(-c5ccccc5)nn4)c3)cc21. The molecular formula is C44H32N2O. The van der Waals surface area contributed by atoms with Crippen molar-refractivity contribution in [2.45, 2.75) is 24.7 Å². The molecule has 0 unspecified atom stereocenters. The van der Waals surface area contributed by atoms with E-state index in [1.54, 1.807) is 0 Å². The summed E-state index contributed by atoms with van der Waals surface area (Å²) in [5.74, 6) is 1.81. The van der Waals surface area contributed by atoms with E-state index < -0.39 is 5.41 Å². The fourth-order valence-electron chi connectivity index (χ4n) is 7.90. The van der Waals surface area contributed by atoms with Gasteiger partial charge in [0.1, 0.15) is 11.5 Å². The van der Waals surface area contributed by atoms with Gasteiger partial charge in [-0.2, -0.15) is 0 Å². The van der Waals surface area contributed by atoms with Gasteiger partial charge >= 0.3 is 0 Å². The van der Waals surface area contributed by atoms with Gasteiger partial charge < -0.3 is 4.74 Å². The highest BCUT2D eigenvalue weighted by Crippen LogP contribution is 2.61. The summed E-state index contributed by atoms with van der Waals surface area (Å²) in [6, 6.07) is 56.1. The molecule has 224 valence electrons. The molecule has 0 bridgehead atoms. The third-order valence-electron chi connectivity index (χ3n) is 10.1. The molecule has 0 fully saturated rings. The molecule has 7 aromatic rings. The Kier molecular flexibility index (Phi) is 6.07. The van der Waals surface area contributed by atoms with Crippen LogP contribution in [0.3, 0.4) is 0 Å². The Bertz CT molecular complexity index is 2260. The molecule has 0 saturated heterocycles. The average molecular weight is 605 g/mol. The number of hydrogen-bond donors (Lipinski definition) is 0. The molecule has 3 heteroatoms. The highest BCUT2D eigenvalue weighted by molar-refractivity contribution is 5.79. The summed E-state index contributed by atoms with van der Waals surface area (Å²) in [6.07, 6.45) is 0. The number of ether oxygens (including phenoxy) is 1. The predicted molar refractivity (Wildman–Crippen MR) is 189 cm³/mol. The van der Waals surface area contributed by atoms with Crippen molar-refractivity contribution < 1.29 is 4.74 Å². The van der Waals surface area contributed by atoms with Crippen molar-refractivity contribution in [3.8, 4) is 45.1 Å². The van der Waals surface area contributed by atoms with Crippen LogP contribution in [-0.4, -0.2) is 10.2 Å². The maximum Gasteiger partial charge on any atom is 0.132 e. The Morgan fingerprint density at radius 1 is 0.383 bits per heavy atom. The van der Waals surface area contributed by atoms with E-state index in [9.17, 15) is 0 Å². The molecule has 3 nitrogen and oxygen atoms in total. The third-order valence-corrected chi connectivity index (χ3v) is 10.1. The van der Waals surface area contributed by atoms with E-state index in [1.165, 1.54) is 38.9 Å². The summed E-state index contributed by atoms with van der Waals surface area (Å²) in [7, 11) is 0. The summed E-state index contributed by atoms with van der Waals surface area (Å²) < 4.78 is 6.56. The first-order valence-corrected chi connectivity index (χ1v) is 16.2. The molecule has 6 aromatic carbocycles. The lowest BCUT2D eigenvalue weighted by Gasteiger charge is -2.50. The number of benzene rings is 6. The van der Waals surface area contributed by atoms with Crippen LogP contribution in [0, 0.1) is 0 Å². The first kappa shape index (κ1) is 27.5. The van der Waals surface area contributed by atoms with Crippen LogP contribution < -0.4 is 4.74 Å². The monoisotopic (exact) mass is 604 g/mol. The van der Waals surface area contributed by atoms with E-state index in [-0.39, 0.29) is 5.41 Å². The van der Waals surface area contributed by atoms with E-state index in [0.717, 1.165) is 39.6 Å². The van der Waals surface area contributed by atoms with Crippen molar-refractivity contribution in [3.05, 3.63) is 191 Å². The van der Waals surface area contributed by atoms with Gasteiger partial charge in [0.25, 0.3) is 0 Å². The standard InChI is InChI=1S/C44H32N2O/c1-43(2)33-17-6-7-18-34(33)44(36-19-8-10-21-41(36)47-42-22-11-9-20-37(42)44)35-24-23-31(28-38(35)43)30-15-12-16-32(27-30)40-26-25-39(45-46-40)29-13-4-3-5-14-29/h3-28H,1-2H3. The van der Waals surface area contributed by atoms with Gasteiger partial charge in [0.05, 0.1) is 16.8 Å². The Balaban J connectivity index is 1.22. The highest BCUT2D eigenvalue weighted by atomic mass is 16.5. The van der Waals surface area contributed by atoms with Crippen LogP contribution in [0.4, 0.5) is 0 Å². The fraction of sp³-hybridized carbons (Fsp3) is 0.0909. The zero-order valence-corrected chi connectivity index (χ0v) is 26.3. The van der Waals surface area contributed by atoms with E-state index in [1.807, 2.05) is 24.3 Å². The van der Waals surface area contributed by atoms with Gasteiger partial charge in [-0.1, -0.05) is 135 Å². The van der Waals surface area contributed by atoms with Gasteiger partial charge in [-0.15, -0.1) is 10.2 Å². The smallest absolute Gasteiger partial charge is 0.132 e. The number of hydrogen-bond acceptors (Lipinski definition) is 3. The van der Waals surface area contributed by atoms with E-state index in [0.29, 0.717) is 0 Å². The molecule has 47 heavy (non-hydrogen) atoms. The third kappa shape index (κ3) is 4.06. The maximum atomic E-state index is 6.56. The quantitative estimate of drug-likeness (QED) is 0.201. The summed E-state index contributed by atoms with van der Waals surface area (Å²) in [4.78, 5) is 0. The first-order valence-electron chi connectivity index (χ1n) is 16.2. The first-order chi connectivity index (χ1) is 23.0. The van der Waals surface area contributed by atoms with Gasteiger partial charge in [-0.05, 0) is 69.8 Å². The van der Waals surface area contributed by atoms with Gasteiger partial charge in [0.15, 0.2) is 0 Å². The Labute approximate surface area is 275 Å². The molecule has 1 aromatic heterocycles. The van der Waals surface area contributed by atoms with Crippen LogP contribution in [0.15, 0.2) is 158 Å². The lowest BCUT2D eigenvalue weighted by Crippen LogP contribution is -2.43. The zero-order valence-electron chi connectivity index (χ0n) is 26.3. The minimum Gasteiger partial charge on any atom is -0.457 e. The van der Waals surface area contributed by atoms with Crippen molar-refractivity contribution in [1.82, 2.24) is 10.2 Å². The van der Waals surface area contributed by atoms with E-state index in [2.05, 4.69) is 158 Å². The van der Waals surface area contributed by atoms with Crippen LogP contribution in [0.1, 0.15) is 47.2 Å². The summed E-state index contributed by atoms with van der Waals surface area (Å²) >= 11 is 0. The predicted octanol–water partition coefficient (Wildman–Crippen LogP) is 10.6. The van der Waals surface area contributed by atoms with Crippen LogP contribution in [-0.2, 0) is 10.8 Å². The lowest BCUT2D eigenvalue weighted by atomic mass is 9.53. The molecule has 0 atom stereocenters. The molecule has 0 amide bonds. The Hall–Kier alpha value is -5.80. The van der Waals surface area contributed by atoms with Gasteiger partial charge in [0.2, 0.25) is 0 Å². The molecule has 0 N–H and O–H groups in total. The minimum absolute atomic E-state index is 0.230. The van der Waals surface area contributed by atoms with Crippen LogP contribution in [0.25, 0.3) is 33.6 Å². The molecule has 1 aliphatic heterocycles. The molecule has 2 aliphatic rings. The van der Waals surface area contributed by atoms with Crippen molar-refractivity contribution in [2.24, 2.45) is 0 Å². The van der Waals surface area contributed by atoms with Gasteiger partial charge in [0, 0.05) is 27.7 Å². The molecule has 9 rings (SSSR count). The van der Waals surface area contributed by atoms with Crippen molar-refractivity contribution in [3.63, 3.8) is 0 Å². The van der Waals surface area contributed by atoms with Gasteiger partial charge in [-0.3, -0.25) is 0 Å². The summed E-state index contributed by atoms with van der Waals surface area (Å²) in [6.45, 7) is 4.72. The van der Waals surface area contributed by atoms with Crippen molar-refractivity contribution in [1.29, 1.82) is 0 Å². The number of nitrogens with zero attached hydrogens (tertiary/aromatic N) is 2. The molecule has 1 spiro atoms. The minimum atomic E-state index is -0.511.